The van der Waals surface area contributed by atoms with E-state index in [2.05, 4.69) is 5.32 Å². The van der Waals surface area contributed by atoms with E-state index in [1.54, 1.807) is 23.1 Å². The molecule has 7 heteroatoms. The van der Waals surface area contributed by atoms with Gasteiger partial charge >= 0.3 is 5.97 Å². The van der Waals surface area contributed by atoms with Crippen LogP contribution in [0.3, 0.4) is 0 Å². The Kier molecular flexibility index (Phi) is 5.35. The number of hydrogen-bond acceptors (Lipinski definition) is 4. The van der Waals surface area contributed by atoms with Crippen LogP contribution in [0.15, 0.2) is 30.4 Å². The summed E-state index contributed by atoms with van der Waals surface area (Å²) >= 11 is 0. The molecule has 0 spiro atoms. The maximum Gasteiger partial charge on any atom is 0.327 e. The standard InChI is InChI=1S/C16H18N2O5/c1-23-13-8-7-11(17-14(19)4-2-6-16(21)22)10-12(13)18-9-3-5-15(18)20/h2,6-8,10H,3-5,9H2,1H3,(H,17,19)(H,21,22)/b6-2+. The minimum atomic E-state index is -1.10. The minimum absolute atomic E-state index is 0.0242. The highest BCUT2D eigenvalue weighted by atomic mass is 16.5. The summed E-state index contributed by atoms with van der Waals surface area (Å²) in [4.78, 5) is 35.7. The zero-order valence-corrected chi connectivity index (χ0v) is 12.7. The number of hydrogen-bond donors (Lipinski definition) is 2. The van der Waals surface area contributed by atoms with Gasteiger partial charge in [-0.15, -0.1) is 0 Å². The first-order valence-corrected chi connectivity index (χ1v) is 7.19. The lowest BCUT2D eigenvalue weighted by Crippen LogP contribution is -2.24. The number of nitrogens with one attached hydrogen (secondary N) is 1. The molecule has 0 unspecified atom stereocenters. The zero-order chi connectivity index (χ0) is 16.8. The van der Waals surface area contributed by atoms with Crippen LogP contribution in [0.4, 0.5) is 11.4 Å². The van der Waals surface area contributed by atoms with Crippen molar-refractivity contribution in [2.45, 2.75) is 19.3 Å². The van der Waals surface area contributed by atoms with E-state index in [-0.39, 0.29) is 18.2 Å². The average Bonchev–Trinajstić information content (AvgIpc) is 2.92. The molecule has 0 atom stereocenters. The molecule has 122 valence electrons. The number of carboxylic acid groups (broad SMARTS) is 1. The van der Waals surface area contributed by atoms with Crippen molar-refractivity contribution < 1.29 is 24.2 Å². The van der Waals surface area contributed by atoms with Gasteiger partial charge in [0.15, 0.2) is 0 Å². The molecule has 1 saturated heterocycles. The van der Waals surface area contributed by atoms with Crippen molar-refractivity contribution in [3.8, 4) is 5.75 Å². The zero-order valence-electron chi connectivity index (χ0n) is 12.7. The molecular formula is C16H18N2O5. The number of methoxy groups -OCH3 is 1. The molecule has 1 aromatic carbocycles. The maximum absolute atomic E-state index is 11.9. The van der Waals surface area contributed by atoms with E-state index in [0.29, 0.717) is 30.1 Å². The first-order valence-electron chi connectivity index (χ1n) is 7.19. The van der Waals surface area contributed by atoms with E-state index >= 15 is 0 Å². The number of benzene rings is 1. The van der Waals surface area contributed by atoms with Crippen LogP contribution >= 0.6 is 0 Å². The topological polar surface area (TPSA) is 95.9 Å². The molecule has 23 heavy (non-hydrogen) atoms. The quantitative estimate of drug-likeness (QED) is 0.780. The third-order valence-corrected chi connectivity index (χ3v) is 3.39. The highest BCUT2D eigenvalue weighted by Gasteiger charge is 2.24. The van der Waals surface area contributed by atoms with Gasteiger partial charge in [0.05, 0.1) is 12.8 Å². The van der Waals surface area contributed by atoms with Gasteiger partial charge in [-0.1, -0.05) is 6.08 Å². The van der Waals surface area contributed by atoms with Gasteiger partial charge in [-0.05, 0) is 24.6 Å². The predicted molar refractivity (Wildman–Crippen MR) is 84.6 cm³/mol. The fraction of sp³-hybridized carbons (Fsp3) is 0.312. The highest BCUT2D eigenvalue weighted by Crippen LogP contribution is 2.34. The molecule has 2 rings (SSSR count). The highest BCUT2D eigenvalue weighted by molar-refractivity contribution is 5.98. The molecule has 1 heterocycles. The summed E-state index contributed by atoms with van der Waals surface area (Å²) in [5.41, 5.74) is 1.14. The molecule has 2 N–H and O–H groups in total. The van der Waals surface area contributed by atoms with Crippen LogP contribution in [0, 0.1) is 0 Å². The number of aliphatic carboxylic acids is 1. The van der Waals surface area contributed by atoms with Crippen molar-refractivity contribution in [1.82, 2.24) is 0 Å². The van der Waals surface area contributed by atoms with E-state index in [1.165, 1.54) is 13.2 Å². The van der Waals surface area contributed by atoms with Crippen molar-refractivity contribution >= 4 is 29.2 Å². The van der Waals surface area contributed by atoms with E-state index in [1.807, 2.05) is 0 Å². The Labute approximate surface area is 133 Å². The summed E-state index contributed by atoms with van der Waals surface area (Å²) in [7, 11) is 1.52. The smallest absolute Gasteiger partial charge is 0.327 e. The second-order valence-electron chi connectivity index (χ2n) is 5.03. The van der Waals surface area contributed by atoms with Gasteiger partial charge in [0.2, 0.25) is 11.8 Å². The van der Waals surface area contributed by atoms with E-state index in [9.17, 15) is 14.4 Å². The molecule has 0 saturated carbocycles. The molecule has 7 nitrogen and oxygen atoms in total. The number of rotatable bonds is 6. The van der Waals surface area contributed by atoms with Gasteiger partial charge in [-0.2, -0.15) is 0 Å². The van der Waals surface area contributed by atoms with Gasteiger partial charge in [-0.3, -0.25) is 9.59 Å². The summed E-state index contributed by atoms with van der Waals surface area (Å²) in [5.74, 6) is -0.858. The molecule has 0 bridgehead atoms. The van der Waals surface area contributed by atoms with Crippen LogP contribution in [0.25, 0.3) is 0 Å². The third-order valence-electron chi connectivity index (χ3n) is 3.39. The number of nitrogens with zero attached hydrogens (tertiary/aromatic N) is 1. The SMILES string of the molecule is COc1ccc(NC(=O)C/C=C/C(=O)O)cc1N1CCCC1=O. The number of anilines is 2. The fourth-order valence-electron chi connectivity index (χ4n) is 2.36. The van der Waals surface area contributed by atoms with Gasteiger partial charge in [0, 0.05) is 31.1 Å². The molecule has 1 aliphatic heterocycles. The lowest BCUT2D eigenvalue weighted by atomic mass is 10.2. The second kappa shape index (κ2) is 7.44. The van der Waals surface area contributed by atoms with E-state index in [0.717, 1.165) is 12.5 Å². The lowest BCUT2D eigenvalue weighted by Gasteiger charge is -2.20. The maximum atomic E-state index is 11.9. The molecule has 0 radical (unpaired) electrons. The van der Waals surface area contributed by atoms with E-state index in [4.69, 9.17) is 9.84 Å². The van der Waals surface area contributed by atoms with Crippen molar-refractivity contribution in [2.75, 3.05) is 23.9 Å². The predicted octanol–water partition coefficient (Wildman–Crippen LogP) is 1.79. The Hall–Kier alpha value is -2.83. The monoisotopic (exact) mass is 318 g/mol. The van der Waals surface area contributed by atoms with Crippen LogP contribution in [0.2, 0.25) is 0 Å². The largest absolute Gasteiger partial charge is 0.495 e. The molecule has 2 amide bonds. The first-order chi connectivity index (χ1) is 11.0. The van der Waals surface area contributed by atoms with Gasteiger partial charge in [-0.25, -0.2) is 4.79 Å². The van der Waals surface area contributed by atoms with Crippen molar-refractivity contribution in [3.63, 3.8) is 0 Å². The average molecular weight is 318 g/mol. The molecule has 1 aliphatic rings. The molecular weight excluding hydrogens is 300 g/mol. The Balaban J connectivity index is 2.12. The summed E-state index contributed by atoms with van der Waals surface area (Å²) in [6.45, 7) is 0.619. The van der Waals surface area contributed by atoms with Crippen LogP contribution in [-0.4, -0.2) is 36.5 Å². The van der Waals surface area contributed by atoms with Crippen molar-refractivity contribution in [1.29, 1.82) is 0 Å². The minimum Gasteiger partial charge on any atom is -0.495 e. The second-order valence-corrected chi connectivity index (χ2v) is 5.03. The van der Waals surface area contributed by atoms with Crippen LogP contribution in [-0.2, 0) is 14.4 Å². The first kappa shape index (κ1) is 16.5. The summed E-state index contributed by atoms with van der Waals surface area (Å²) in [5, 5.41) is 11.2. The summed E-state index contributed by atoms with van der Waals surface area (Å²) in [6, 6.07) is 5.03. The fourth-order valence-corrected chi connectivity index (χ4v) is 2.36. The van der Waals surface area contributed by atoms with Gasteiger partial charge in [0.1, 0.15) is 5.75 Å². The number of carbonyl (C=O) groups excluding carboxylic acids is 2. The van der Waals surface area contributed by atoms with Crippen molar-refractivity contribution in [2.24, 2.45) is 0 Å². The third kappa shape index (κ3) is 4.32. The molecule has 1 fully saturated rings. The van der Waals surface area contributed by atoms with Crippen LogP contribution < -0.4 is 15.0 Å². The number of carboxylic acids is 1. The van der Waals surface area contributed by atoms with Gasteiger partial charge < -0.3 is 20.1 Å². The Morgan fingerprint density at radius 3 is 2.83 bits per heavy atom. The normalized spacial score (nSPS) is 14.3. The van der Waals surface area contributed by atoms with Crippen molar-refractivity contribution in [3.05, 3.63) is 30.4 Å². The van der Waals surface area contributed by atoms with E-state index < -0.39 is 5.97 Å². The molecule has 0 aliphatic carbocycles. The number of carbonyl (C=O) groups is 3. The summed E-state index contributed by atoms with van der Waals surface area (Å²) < 4.78 is 5.27. The summed E-state index contributed by atoms with van der Waals surface area (Å²) in [6.07, 6.45) is 3.43. The van der Waals surface area contributed by atoms with Crippen LogP contribution in [0.5, 0.6) is 5.75 Å². The number of amides is 2. The number of ether oxygens (including phenoxy) is 1. The Morgan fingerprint density at radius 1 is 1.43 bits per heavy atom. The molecule has 1 aromatic rings. The van der Waals surface area contributed by atoms with Crippen LogP contribution in [0.1, 0.15) is 19.3 Å². The Morgan fingerprint density at radius 2 is 2.22 bits per heavy atom. The Bertz CT molecular complexity index is 654. The lowest BCUT2D eigenvalue weighted by molar-refractivity contribution is -0.131. The van der Waals surface area contributed by atoms with Gasteiger partial charge in [0.25, 0.3) is 0 Å². The molecule has 0 aromatic heterocycles.